The van der Waals surface area contributed by atoms with Crippen LogP contribution < -0.4 is 5.32 Å². The number of hydrogen-bond acceptors (Lipinski definition) is 4. The Kier molecular flexibility index (Phi) is 7.48. The average Bonchev–Trinajstić information content (AvgIpc) is 2.46. The van der Waals surface area contributed by atoms with Gasteiger partial charge in [-0.15, -0.1) is 0 Å². The van der Waals surface area contributed by atoms with Crippen molar-refractivity contribution in [2.75, 3.05) is 45.8 Å². The zero-order valence-corrected chi connectivity index (χ0v) is 13.3. The van der Waals surface area contributed by atoms with Crippen LogP contribution in [0.3, 0.4) is 0 Å². The maximum atomic E-state index is 11.5. The van der Waals surface area contributed by atoms with Gasteiger partial charge in [0, 0.05) is 26.2 Å². The standard InChI is InChI=1S/C15H31N3O2/c1-4-15(14(19)20,16-5-2)8-7-9-18-12-10-17(6-3)11-13-18/h16H,4-13H2,1-3H3,(H,19,20). The first-order valence-corrected chi connectivity index (χ1v) is 8.01. The van der Waals surface area contributed by atoms with Gasteiger partial charge in [0.1, 0.15) is 5.54 Å². The molecule has 1 rings (SSSR count). The molecule has 0 amide bonds. The van der Waals surface area contributed by atoms with Crippen LogP contribution >= 0.6 is 0 Å². The zero-order chi connectivity index (χ0) is 15.0. The van der Waals surface area contributed by atoms with Gasteiger partial charge >= 0.3 is 5.97 Å². The van der Waals surface area contributed by atoms with Gasteiger partial charge in [0.2, 0.25) is 0 Å². The molecule has 1 fully saturated rings. The second-order valence-electron chi connectivity index (χ2n) is 5.65. The normalized spacial score (nSPS) is 20.8. The van der Waals surface area contributed by atoms with Crippen molar-refractivity contribution in [1.82, 2.24) is 15.1 Å². The van der Waals surface area contributed by atoms with E-state index < -0.39 is 11.5 Å². The van der Waals surface area contributed by atoms with Crippen LogP contribution in [0.1, 0.15) is 40.0 Å². The SMILES string of the molecule is CCNC(CC)(CCCN1CCN(CC)CC1)C(=O)O. The van der Waals surface area contributed by atoms with Crippen molar-refractivity contribution in [1.29, 1.82) is 0 Å². The molecule has 1 unspecified atom stereocenters. The summed E-state index contributed by atoms with van der Waals surface area (Å²) in [7, 11) is 0. The molecule has 0 aromatic heterocycles. The Bertz CT molecular complexity index is 291. The van der Waals surface area contributed by atoms with E-state index in [4.69, 9.17) is 0 Å². The number of hydrogen-bond donors (Lipinski definition) is 2. The van der Waals surface area contributed by atoms with Gasteiger partial charge < -0.3 is 20.2 Å². The molecule has 1 aliphatic heterocycles. The molecule has 0 spiro atoms. The first-order chi connectivity index (χ1) is 9.57. The summed E-state index contributed by atoms with van der Waals surface area (Å²) >= 11 is 0. The highest BCUT2D eigenvalue weighted by Crippen LogP contribution is 2.18. The molecule has 1 saturated heterocycles. The van der Waals surface area contributed by atoms with Crippen LogP contribution in [0.15, 0.2) is 0 Å². The van der Waals surface area contributed by atoms with Gasteiger partial charge in [-0.25, -0.2) is 0 Å². The molecule has 2 N–H and O–H groups in total. The third kappa shape index (κ3) is 4.72. The second-order valence-corrected chi connectivity index (χ2v) is 5.65. The minimum absolute atomic E-state index is 0.639. The number of carboxylic acid groups (broad SMARTS) is 1. The van der Waals surface area contributed by atoms with Crippen molar-refractivity contribution >= 4 is 5.97 Å². The summed E-state index contributed by atoms with van der Waals surface area (Å²) in [4.78, 5) is 16.4. The Morgan fingerprint density at radius 1 is 1.15 bits per heavy atom. The Morgan fingerprint density at radius 3 is 2.20 bits per heavy atom. The monoisotopic (exact) mass is 285 g/mol. The van der Waals surface area contributed by atoms with Crippen molar-refractivity contribution < 1.29 is 9.90 Å². The Balaban J connectivity index is 2.36. The van der Waals surface area contributed by atoms with E-state index in [-0.39, 0.29) is 0 Å². The highest BCUT2D eigenvalue weighted by Gasteiger charge is 2.35. The maximum Gasteiger partial charge on any atom is 0.323 e. The van der Waals surface area contributed by atoms with Crippen molar-refractivity contribution in [2.45, 2.75) is 45.6 Å². The van der Waals surface area contributed by atoms with Gasteiger partial charge in [0.05, 0.1) is 0 Å². The number of likely N-dealkylation sites (N-methyl/N-ethyl adjacent to an activating group) is 2. The van der Waals surface area contributed by atoms with Gasteiger partial charge in [-0.2, -0.15) is 0 Å². The molecule has 1 aliphatic rings. The summed E-state index contributed by atoms with van der Waals surface area (Å²) in [6, 6.07) is 0. The molecule has 0 aliphatic carbocycles. The van der Waals surface area contributed by atoms with E-state index in [0.717, 1.165) is 45.7 Å². The average molecular weight is 285 g/mol. The van der Waals surface area contributed by atoms with E-state index in [2.05, 4.69) is 22.0 Å². The van der Waals surface area contributed by atoms with Crippen molar-refractivity contribution in [3.63, 3.8) is 0 Å². The fourth-order valence-electron chi connectivity index (χ4n) is 3.00. The molecule has 1 heterocycles. The smallest absolute Gasteiger partial charge is 0.323 e. The molecule has 118 valence electrons. The van der Waals surface area contributed by atoms with E-state index in [0.29, 0.717) is 19.4 Å². The van der Waals surface area contributed by atoms with Crippen LogP contribution in [-0.4, -0.2) is 72.2 Å². The summed E-state index contributed by atoms with van der Waals surface area (Å²) in [5.74, 6) is -0.711. The number of nitrogens with one attached hydrogen (secondary N) is 1. The number of nitrogens with zero attached hydrogens (tertiary/aromatic N) is 2. The fourth-order valence-corrected chi connectivity index (χ4v) is 3.00. The lowest BCUT2D eigenvalue weighted by molar-refractivity contribution is -0.145. The lowest BCUT2D eigenvalue weighted by atomic mass is 9.90. The third-order valence-electron chi connectivity index (χ3n) is 4.52. The van der Waals surface area contributed by atoms with Crippen LogP contribution in [0.2, 0.25) is 0 Å². The second kappa shape index (κ2) is 8.60. The van der Waals surface area contributed by atoms with Gasteiger partial charge in [-0.05, 0) is 38.9 Å². The molecule has 0 radical (unpaired) electrons. The summed E-state index contributed by atoms with van der Waals surface area (Å²) < 4.78 is 0. The summed E-state index contributed by atoms with van der Waals surface area (Å²) in [5.41, 5.74) is -0.736. The van der Waals surface area contributed by atoms with E-state index in [1.807, 2.05) is 13.8 Å². The fraction of sp³-hybridized carbons (Fsp3) is 0.933. The zero-order valence-electron chi connectivity index (χ0n) is 13.3. The Hall–Kier alpha value is -0.650. The van der Waals surface area contributed by atoms with E-state index in [1.54, 1.807) is 0 Å². The quantitative estimate of drug-likeness (QED) is 0.668. The number of rotatable bonds is 9. The molecule has 20 heavy (non-hydrogen) atoms. The predicted molar refractivity (Wildman–Crippen MR) is 82.1 cm³/mol. The van der Waals surface area contributed by atoms with Crippen molar-refractivity contribution in [3.8, 4) is 0 Å². The first kappa shape index (κ1) is 17.4. The van der Waals surface area contributed by atoms with Gasteiger partial charge in [-0.1, -0.05) is 20.8 Å². The van der Waals surface area contributed by atoms with Crippen molar-refractivity contribution in [2.24, 2.45) is 0 Å². The molecule has 0 saturated carbocycles. The largest absolute Gasteiger partial charge is 0.480 e. The summed E-state index contributed by atoms with van der Waals surface area (Å²) in [6.45, 7) is 13.5. The van der Waals surface area contributed by atoms with Crippen molar-refractivity contribution in [3.05, 3.63) is 0 Å². The Morgan fingerprint density at radius 2 is 1.75 bits per heavy atom. The van der Waals surface area contributed by atoms with Crippen LogP contribution in [0.25, 0.3) is 0 Å². The topological polar surface area (TPSA) is 55.8 Å². The number of piperazine rings is 1. The third-order valence-corrected chi connectivity index (χ3v) is 4.52. The predicted octanol–water partition coefficient (Wildman–Crippen LogP) is 1.25. The number of aliphatic carboxylic acids is 1. The highest BCUT2D eigenvalue weighted by atomic mass is 16.4. The molecular formula is C15H31N3O2. The molecule has 1 atom stereocenters. The van der Waals surface area contributed by atoms with Crippen LogP contribution in [0.4, 0.5) is 0 Å². The van der Waals surface area contributed by atoms with E-state index >= 15 is 0 Å². The lowest BCUT2D eigenvalue weighted by Crippen LogP contribution is -2.52. The minimum atomic E-state index is -0.736. The summed E-state index contributed by atoms with van der Waals surface area (Å²) in [5, 5.41) is 12.6. The highest BCUT2D eigenvalue weighted by molar-refractivity contribution is 5.78. The van der Waals surface area contributed by atoms with Crippen LogP contribution in [-0.2, 0) is 4.79 Å². The molecule has 5 heteroatoms. The van der Waals surface area contributed by atoms with Crippen LogP contribution in [0.5, 0.6) is 0 Å². The minimum Gasteiger partial charge on any atom is -0.480 e. The first-order valence-electron chi connectivity index (χ1n) is 8.01. The summed E-state index contributed by atoms with van der Waals surface area (Å²) in [6.07, 6.45) is 2.29. The number of carbonyl (C=O) groups is 1. The molecule has 0 aromatic carbocycles. The van der Waals surface area contributed by atoms with Gasteiger partial charge in [0.25, 0.3) is 0 Å². The maximum absolute atomic E-state index is 11.5. The molecule has 5 nitrogen and oxygen atoms in total. The molecule has 0 bridgehead atoms. The molecule has 0 aromatic rings. The van der Waals surface area contributed by atoms with E-state index in [1.165, 1.54) is 0 Å². The number of carboxylic acids is 1. The van der Waals surface area contributed by atoms with E-state index in [9.17, 15) is 9.90 Å². The molecular weight excluding hydrogens is 254 g/mol. The van der Waals surface area contributed by atoms with Crippen LogP contribution in [0, 0.1) is 0 Å². The Labute approximate surface area is 123 Å². The van der Waals surface area contributed by atoms with Gasteiger partial charge in [-0.3, -0.25) is 4.79 Å². The lowest BCUT2D eigenvalue weighted by Gasteiger charge is -2.35. The van der Waals surface area contributed by atoms with Gasteiger partial charge in [0.15, 0.2) is 0 Å².